The van der Waals surface area contributed by atoms with Gasteiger partial charge in [-0.15, -0.1) is 0 Å². The lowest BCUT2D eigenvalue weighted by Gasteiger charge is -2.24. The number of para-hydroxylation sites is 1. The van der Waals surface area contributed by atoms with Gasteiger partial charge in [-0.1, -0.05) is 96.6 Å². The standard InChI is InChI=1S/C31H29FNP/c32-26-19-17-24(18-20-26)31(29-13-7-8-14-30(29)33)25(21-23-15-16-23)22-34(27-9-3-1-4-10-27)28-11-5-2-6-12-28/h1-14,17-20,23H,15-16,21-22,33H2/b31-25+. The van der Waals surface area contributed by atoms with Crippen LogP contribution in [0.1, 0.15) is 30.4 Å². The summed E-state index contributed by atoms with van der Waals surface area (Å²) in [5, 5.41) is 2.74. The Kier molecular flexibility index (Phi) is 6.88. The van der Waals surface area contributed by atoms with E-state index in [1.54, 1.807) is 12.1 Å². The Morgan fingerprint density at radius 1 is 0.735 bits per heavy atom. The zero-order valence-electron chi connectivity index (χ0n) is 19.2. The number of allylic oxidation sites excluding steroid dienone is 1. The maximum Gasteiger partial charge on any atom is 0.123 e. The molecule has 0 radical (unpaired) electrons. The lowest BCUT2D eigenvalue weighted by molar-refractivity contribution is 0.627. The van der Waals surface area contributed by atoms with E-state index in [-0.39, 0.29) is 5.82 Å². The highest BCUT2D eigenvalue weighted by Gasteiger charge is 2.27. The van der Waals surface area contributed by atoms with E-state index in [1.807, 2.05) is 30.3 Å². The summed E-state index contributed by atoms with van der Waals surface area (Å²) < 4.78 is 13.9. The van der Waals surface area contributed by atoms with E-state index in [2.05, 4.69) is 66.7 Å². The average Bonchev–Trinajstić information content (AvgIpc) is 3.70. The number of benzene rings is 4. The van der Waals surface area contributed by atoms with Gasteiger partial charge in [0.2, 0.25) is 0 Å². The van der Waals surface area contributed by atoms with Crippen molar-refractivity contribution in [1.29, 1.82) is 0 Å². The summed E-state index contributed by atoms with van der Waals surface area (Å²) in [6.07, 6.45) is 4.57. The van der Waals surface area contributed by atoms with Gasteiger partial charge in [-0.2, -0.15) is 0 Å². The number of hydrogen-bond donors (Lipinski definition) is 1. The number of anilines is 1. The molecule has 2 N–H and O–H groups in total. The summed E-state index contributed by atoms with van der Waals surface area (Å²) in [4.78, 5) is 0. The first kappa shape index (κ1) is 22.6. The fraction of sp³-hybridized carbons (Fsp3) is 0.161. The number of nitrogen functional groups attached to an aromatic ring is 1. The minimum atomic E-state index is -0.595. The van der Waals surface area contributed by atoms with Gasteiger partial charge in [0.15, 0.2) is 0 Å². The molecule has 4 aromatic carbocycles. The number of nitrogens with two attached hydrogens (primary N) is 1. The molecule has 3 heteroatoms. The Morgan fingerprint density at radius 2 is 1.29 bits per heavy atom. The second-order valence-corrected chi connectivity index (χ2v) is 11.2. The van der Waals surface area contributed by atoms with Crippen LogP contribution in [0.4, 0.5) is 10.1 Å². The molecule has 1 fully saturated rings. The van der Waals surface area contributed by atoms with Crippen molar-refractivity contribution in [3.8, 4) is 0 Å². The van der Waals surface area contributed by atoms with Crippen molar-refractivity contribution in [3.63, 3.8) is 0 Å². The van der Waals surface area contributed by atoms with Crippen molar-refractivity contribution in [3.05, 3.63) is 132 Å². The number of hydrogen-bond acceptors (Lipinski definition) is 1. The van der Waals surface area contributed by atoms with E-state index in [0.717, 1.165) is 35.3 Å². The second-order valence-electron chi connectivity index (χ2n) is 8.98. The molecule has 170 valence electrons. The van der Waals surface area contributed by atoms with E-state index in [0.29, 0.717) is 0 Å². The lowest BCUT2D eigenvalue weighted by Crippen LogP contribution is -2.16. The topological polar surface area (TPSA) is 26.0 Å². The van der Waals surface area contributed by atoms with Gasteiger partial charge in [-0.05, 0) is 79.2 Å². The largest absolute Gasteiger partial charge is 0.398 e. The minimum absolute atomic E-state index is 0.219. The maximum absolute atomic E-state index is 13.9. The van der Waals surface area contributed by atoms with Crippen LogP contribution in [0, 0.1) is 11.7 Å². The van der Waals surface area contributed by atoms with Crippen molar-refractivity contribution in [1.82, 2.24) is 0 Å². The van der Waals surface area contributed by atoms with Crippen molar-refractivity contribution in [2.45, 2.75) is 19.3 Å². The van der Waals surface area contributed by atoms with Gasteiger partial charge < -0.3 is 5.73 Å². The number of rotatable bonds is 8. The highest BCUT2D eigenvalue weighted by Crippen LogP contribution is 2.45. The van der Waals surface area contributed by atoms with Crippen LogP contribution >= 0.6 is 7.92 Å². The van der Waals surface area contributed by atoms with Crippen LogP contribution < -0.4 is 16.3 Å². The fourth-order valence-corrected chi connectivity index (χ4v) is 6.94. The summed E-state index contributed by atoms with van der Waals surface area (Å²) in [5.74, 6) is 0.502. The molecule has 4 aromatic rings. The zero-order chi connectivity index (χ0) is 23.3. The Morgan fingerprint density at radius 3 is 1.85 bits per heavy atom. The van der Waals surface area contributed by atoms with Crippen LogP contribution in [0.15, 0.2) is 115 Å². The molecule has 0 aliphatic heterocycles. The molecule has 0 aromatic heterocycles. The summed E-state index contributed by atoms with van der Waals surface area (Å²) >= 11 is 0. The Hall–Kier alpha value is -3.22. The molecule has 0 saturated heterocycles. The molecule has 0 atom stereocenters. The highest BCUT2D eigenvalue weighted by atomic mass is 31.1. The minimum Gasteiger partial charge on any atom is -0.398 e. The van der Waals surface area contributed by atoms with Gasteiger partial charge in [0.25, 0.3) is 0 Å². The maximum atomic E-state index is 13.9. The van der Waals surface area contributed by atoms with Crippen LogP contribution in [0.25, 0.3) is 5.57 Å². The van der Waals surface area contributed by atoms with Crippen molar-refractivity contribution in [2.24, 2.45) is 5.92 Å². The van der Waals surface area contributed by atoms with Gasteiger partial charge in [0.1, 0.15) is 5.82 Å². The first-order chi connectivity index (χ1) is 16.7. The van der Waals surface area contributed by atoms with Crippen LogP contribution in [0.2, 0.25) is 0 Å². The molecule has 5 rings (SSSR count). The predicted molar refractivity (Wildman–Crippen MR) is 145 cm³/mol. The third-order valence-corrected chi connectivity index (χ3v) is 8.97. The molecule has 0 spiro atoms. The van der Waals surface area contributed by atoms with E-state index in [1.165, 1.54) is 34.6 Å². The Bertz CT molecular complexity index is 1220. The molecule has 1 aliphatic carbocycles. The molecular weight excluding hydrogens is 436 g/mol. The molecule has 0 amide bonds. The van der Waals surface area contributed by atoms with Gasteiger partial charge in [0, 0.05) is 11.3 Å². The summed E-state index contributed by atoms with van der Waals surface area (Å²) in [6.45, 7) is 0. The van der Waals surface area contributed by atoms with Crippen molar-refractivity contribution >= 4 is 29.8 Å². The van der Waals surface area contributed by atoms with E-state index < -0.39 is 7.92 Å². The monoisotopic (exact) mass is 465 g/mol. The number of halogens is 1. The van der Waals surface area contributed by atoms with E-state index >= 15 is 0 Å². The predicted octanol–water partition coefficient (Wildman–Crippen LogP) is 7.14. The van der Waals surface area contributed by atoms with Gasteiger partial charge >= 0.3 is 0 Å². The van der Waals surface area contributed by atoms with Gasteiger partial charge in [0.05, 0.1) is 0 Å². The molecule has 0 unspecified atom stereocenters. The first-order valence-corrected chi connectivity index (χ1v) is 13.4. The summed E-state index contributed by atoms with van der Waals surface area (Å²) in [6, 6.07) is 36.7. The summed E-state index contributed by atoms with van der Waals surface area (Å²) in [5.41, 5.74) is 12.0. The van der Waals surface area contributed by atoms with Crippen LogP contribution in [-0.2, 0) is 0 Å². The summed E-state index contributed by atoms with van der Waals surface area (Å²) in [7, 11) is -0.595. The molecule has 0 bridgehead atoms. The van der Waals surface area contributed by atoms with Crippen molar-refractivity contribution < 1.29 is 4.39 Å². The van der Waals surface area contributed by atoms with Gasteiger partial charge in [-0.25, -0.2) is 4.39 Å². The Balaban J connectivity index is 1.69. The molecule has 34 heavy (non-hydrogen) atoms. The van der Waals surface area contributed by atoms with E-state index in [4.69, 9.17) is 5.73 Å². The SMILES string of the molecule is Nc1ccccc1/C(=C(\CC1CC1)CP(c1ccccc1)c1ccccc1)c1ccc(F)cc1. The normalized spacial score (nSPS) is 14.2. The van der Waals surface area contributed by atoms with Crippen molar-refractivity contribution in [2.75, 3.05) is 11.9 Å². The second kappa shape index (κ2) is 10.4. The molecule has 1 aliphatic rings. The lowest BCUT2D eigenvalue weighted by atomic mass is 9.90. The molecule has 1 nitrogen and oxygen atoms in total. The molecule has 0 heterocycles. The highest BCUT2D eigenvalue weighted by molar-refractivity contribution is 7.73. The smallest absolute Gasteiger partial charge is 0.123 e. The quantitative estimate of drug-likeness (QED) is 0.217. The first-order valence-electron chi connectivity index (χ1n) is 11.9. The van der Waals surface area contributed by atoms with Crippen LogP contribution in [0.3, 0.4) is 0 Å². The fourth-order valence-electron chi connectivity index (χ4n) is 4.55. The Labute approximate surface area is 202 Å². The zero-order valence-corrected chi connectivity index (χ0v) is 20.1. The van der Waals surface area contributed by atoms with E-state index in [9.17, 15) is 4.39 Å². The van der Waals surface area contributed by atoms with Gasteiger partial charge in [-0.3, -0.25) is 0 Å². The average molecular weight is 466 g/mol. The third-order valence-electron chi connectivity index (χ3n) is 6.43. The molecule has 1 saturated carbocycles. The third kappa shape index (κ3) is 5.29. The van der Waals surface area contributed by atoms with Crippen LogP contribution in [0.5, 0.6) is 0 Å². The molecular formula is C31H29FNP. The van der Waals surface area contributed by atoms with Crippen LogP contribution in [-0.4, -0.2) is 6.16 Å².